The summed E-state index contributed by atoms with van der Waals surface area (Å²) in [6.45, 7) is 6.16. The molecule has 0 aromatic carbocycles. The van der Waals surface area contributed by atoms with Gasteiger partial charge in [0.05, 0.1) is 11.0 Å². The third-order valence-corrected chi connectivity index (χ3v) is 3.95. The first-order chi connectivity index (χ1) is 10.7. The van der Waals surface area contributed by atoms with Crippen molar-refractivity contribution < 1.29 is 19.4 Å². The second-order valence-electron chi connectivity index (χ2n) is 6.28. The summed E-state index contributed by atoms with van der Waals surface area (Å²) in [6.07, 6.45) is 1.04. The Morgan fingerprint density at radius 1 is 1.39 bits per heavy atom. The van der Waals surface area contributed by atoms with Gasteiger partial charge in [0.25, 0.3) is 0 Å². The molecule has 1 aliphatic heterocycles. The Labute approximate surface area is 143 Å². The molecule has 0 aliphatic carbocycles. The lowest BCUT2D eigenvalue weighted by Gasteiger charge is -2.40. The van der Waals surface area contributed by atoms with Gasteiger partial charge in [0.1, 0.15) is 17.5 Å². The van der Waals surface area contributed by atoms with E-state index in [4.69, 9.17) is 4.74 Å². The molecule has 0 bridgehead atoms. The minimum atomic E-state index is -1.06. The molecular formula is C15H20BrN3O4. The average Bonchev–Trinajstić information content (AvgIpc) is 2.45. The van der Waals surface area contributed by atoms with E-state index in [9.17, 15) is 14.7 Å². The zero-order valence-electron chi connectivity index (χ0n) is 13.3. The number of piperazine rings is 1. The number of carboxylic acid groups (broad SMARTS) is 1. The molecule has 1 aromatic heterocycles. The van der Waals surface area contributed by atoms with Crippen LogP contribution in [-0.4, -0.2) is 58.3 Å². The van der Waals surface area contributed by atoms with Gasteiger partial charge in [-0.3, -0.25) is 4.90 Å². The molecule has 1 N–H and O–H groups in total. The number of ether oxygens (including phenoxy) is 1. The van der Waals surface area contributed by atoms with Crippen molar-refractivity contribution in [3.63, 3.8) is 0 Å². The summed E-state index contributed by atoms with van der Waals surface area (Å²) < 4.78 is 6.09. The highest BCUT2D eigenvalue weighted by Gasteiger charge is 2.38. The summed E-state index contributed by atoms with van der Waals surface area (Å²) in [5, 5.41) is 9.48. The number of hydrogen-bond acceptors (Lipinski definition) is 5. The van der Waals surface area contributed by atoms with E-state index in [0.717, 1.165) is 4.47 Å². The first kappa shape index (κ1) is 17.5. The monoisotopic (exact) mass is 385 g/mol. The summed E-state index contributed by atoms with van der Waals surface area (Å²) in [5.41, 5.74) is -0.665. The van der Waals surface area contributed by atoms with Crippen LogP contribution in [0.15, 0.2) is 22.8 Å². The first-order valence-corrected chi connectivity index (χ1v) is 8.06. The molecule has 23 heavy (non-hydrogen) atoms. The minimum absolute atomic E-state index is 0.157. The number of carbonyl (C=O) groups is 2. The van der Waals surface area contributed by atoms with Crippen molar-refractivity contribution in [2.75, 3.05) is 24.5 Å². The Bertz CT molecular complexity index is 603. The van der Waals surface area contributed by atoms with Crippen LogP contribution in [0.4, 0.5) is 10.6 Å². The zero-order chi connectivity index (χ0) is 17.2. The van der Waals surface area contributed by atoms with E-state index in [1.54, 1.807) is 33.0 Å². The lowest BCUT2D eigenvalue weighted by atomic mass is 10.1. The minimum Gasteiger partial charge on any atom is -0.480 e. The highest BCUT2D eigenvalue weighted by molar-refractivity contribution is 9.10. The number of aliphatic carboxylic acids is 1. The number of halogens is 1. The molecule has 126 valence electrons. The van der Waals surface area contributed by atoms with E-state index in [1.807, 2.05) is 11.0 Å². The van der Waals surface area contributed by atoms with Gasteiger partial charge in [0, 0.05) is 19.3 Å². The van der Waals surface area contributed by atoms with Gasteiger partial charge in [0.15, 0.2) is 0 Å². The van der Waals surface area contributed by atoms with Gasteiger partial charge < -0.3 is 14.7 Å². The standard InChI is InChI=1S/C15H20BrN3O4/c1-15(2,3)23-14(22)19-8-7-18(9-11(19)13(20)21)12-10(16)5-4-6-17-12/h4-6,11H,7-9H2,1-3H3,(H,20,21). The normalized spacial score (nSPS) is 18.7. The number of nitrogens with zero attached hydrogens (tertiary/aromatic N) is 3. The molecule has 1 fully saturated rings. The predicted molar refractivity (Wildman–Crippen MR) is 88.5 cm³/mol. The molecule has 1 aliphatic rings. The molecule has 0 saturated carbocycles. The van der Waals surface area contributed by atoms with Gasteiger partial charge >= 0.3 is 12.1 Å². The molecule has 1 unspecified atom stereocenters. The molecule has 2 rings (SSSR count). The largest absolute Gasteiger partial charge is 0.480 e. The summed E-state index contributed by atoms with van der Waals surface area (Å²) >= 11 is 3.42. The summed E-state index contributed by atoms with van der Waals surface area (Å²) in [5.74, 6) is -0.393. The number of carboxylic acids is 1. The number of rotatable bonds is 2. The van der Waals surface area contributed by atoms with Gasteiger partial charge in [-0.15, -0.1) is 0 Å². The lowest BCUT2D eigenvalue weighted by molar-refractivity contribution is -0.143. The van der Waals surface area contributed by atoms with E-state index in [0.29, 0.717) is 12.4 Å². The number of amides is 1. The van der Waals surface area contributed by atoms with E-state index >= 15 is 0 Å². The van der Waals surface area contributed by atoms with E-state index in [2.05, 4.69) is 20.9 Å². The van der Waals surface area contributed by atoms with Crippen LogP contribution in [0.1, 0.15) is 20.8 Å². The Kier molecular flexibility index (Phi) is 5.13. The summed E-state index contributed by atoms with van der Waals surface area (Å²) in [4.78, 5) is 31.2. The van der Waals surface area contributed by atoms with Crippen LogP contribution in [0.2, 0.25) is 0 Å². The lowest BCUT2D eigenvalue weighted by Crippen LogP contribution is -2.59. The quantitative estimate of drug-likeness (QED) is 0.840. The number of anilines is 1. The number of aromatic nitrogens is 1. The van der Waals surface area contributed by atoms with Crippen LogP contribution in [0.25, 0.3) is 0 Å². The van der Waals surface area contributed by atoms with Crippen molar-refractivity contribution in [3.05, 3.63) is 22.8 Å². The Morgan fingerprint density at radius 3 is 2.65 bits per heavy atom. The Hall–Kier alpha value is -1.83. The van der Waals surface area contributed by atoms with Crippen molar-refractivity contribution in [1.29, 1.82) is 0 Å². The molecule has 0 spiro atoms. The van der Waals surface area contributed by atoms with Crippen molar-refractivity contribution in [1.82, 2.24) is 9.88 Å². The second-order valence-corrected chi connectivity index (χ2v) is 7.14. The Morgan fingerprint density at radius 2 is 2.09 bits per heavy atom. The van der Waals surface area contributed by atoms with Crippen LogP contribution in [-0.2, 0) is 9.53 Å². The van der Waals surface area contributed by atoms with Gasteiger partial charge in [-0.2, -0.15) is 0 Å². The van der Waals surface area contributed by atoms with Crippen LogP contribution in [0.3, 0.4) is 0 Å². The SMILES string of the molecule is CC(C)(C)OC(=O)N1CCN(c2ncccc2Br)CC1C(=O)O. The molecule has 1 saturated heterocycles. The first-order valence-electron chi connectivity index (χ1n) is 7.27. The van der Waals surface area contributed by atoms with Crippen LogP contribution >= 0.6 is 15.9 Å². The highest BCUT2D eigenvalue weighted by atomic mass is 79.9. The van der Waals surface area contributed by atoms with E-state index < -0.39 is 23.7 Å². The zero-order valence-corrected chi connectivity index (χ0v) is 14.9. The summed E-state index contributed by atoms with van der Waals surface area (Å²) in [6, 6.07) is 2.66. The smallest absolute Gasteiger partial charge is 0.411 e. The third-order valence-electron chi connectivity index (χ3n) is 3.33. The fourth-order valence-corrected chi connectivity index (χ4v) is 2.84. The fourth-order valence-electron chi connectivity index (χ4n) is 2.34. The molecule has 1 amide bonds. The van der Waals surface area contributed by atoms with Crippen molar-refractivity contribution in [2.24, 2.45) is 0 Å². The van der Waals surface area contributed by atoms with Gasteiger partial charge in [-0.1, -0.05) is 0 Å². The molecule has 8 heteroatoms. The van der Waals surface area contributed by atoms with Crippen molar-refractivity contribution in [3.8, 4) is 0 Å². The van der Waals surface area contributed by atoms with Gasteiger partial charge in [-0.25, -0.2) is 14.6 Å². The predicted octanol–water partition coefficient (Wildman–Crippen LogP) is 2.35. The number of pyridine rings is 1. The molecule has 1 aromatic rings. The van der Waals surface area contributed by atoms with E-state index in [-0.39, 0.29) is 13.1 Å². The second kappa shape index (κ2) is 6.74. The molecule has 2 heterocycles. The molecule has 0 radical (unpaired) electrons. The number of carbonyl (C=O) groups excluding carboxylic acids is 1. The van der Waals surface area contributed by atoms with Crippen LogP contribution in [0, 0.1) is 0 Å². The molecule has 1 atom stereocenters. The fraction of sp³-hybridized carbons (Fsp3) is 0.533. The molecular weight excluding hydrogens is 366 g/mol. The van der Waals surface area contributed by atoms with Crippen molar-refractivity contribution in [2.45, 2.75) is 32.4 Å². The summed E-state index contributed by atoms with van der Waals surface area (Å²) in [7, 11) is 0. The maximum atomic E-state index is 12.2. The topological polar surface area (TPSA) is 83.0 Å². The van der Waals surface area contributed by atoms with Gasteiger partial charge in [0.2, 0.25) is 0 Å². The maximum Gasteiger partial charge on any atom is 0.411 e. The number of hydrogen-bond donors (Lipinski definition) is 1. The highest BCUT2D eigenvalue weighted by Crippen LogP contribution is 2.26. The average molecular weight is 386 g/mol. The van der Waals surface area contributed by atoms with Crippen LogP contribution < -0.4 is 4.90 Å². The third kappa shape index (κ3) is 4.34. The molecule has 7 nitrogen and oxygen atoms in total. The maximum absolute atomic E-state index is 12.2. The van der Waals surface area contributed by atoms with Gasteiger partial charge in [-0.05, 0) is 48.8 Å². The van der Waals surface area contributed by atoms with Crippen LogP contribution in [0.5, 0.6) is 0 Å². The van der Waals surface area contributed by atoms with E-state index in [1.165, 1.54) is 4.90 Å². The van der Waals surface area contributed by atoms with Crippen molar-refractivity contribution >= 4 is 33.8 Å². The Balaban J connectivity index is 2.17.